The van der Waals surface area contributed by atoms with Crippen molar-refractivity contribution in [1.29, 1.82) is 0 Å². The first-order valence-electron chi connectivity index (χ1n) is 9.49. The average Bonchev–Trinajstić information content (AvgIpc) is 2.53. The van der Waals surface area contributed by atoms with Crippen molar-refractivity contribution in [3.63, 3.8) is 0 Å². The quantitative estimate of drug-likeness (QED) is 0.285. The van der Waals surface area contributed by atoms with Gasteiger partial charge in [-0.15, -0.1) is 0 Å². The van der Waals surface area contributed by atoms with Gasteiger partial charge in [-0.05, 0) is 53.9 Å². The highest BCUT2D eigenvalue weighted by Gasteiger charge is 2.02. The second-order valence-electron chi connectivity index (χ2n) is 6.94. The number of hydrogen-bond donors (Lipinski definition) is 2. The Morgan fingerprint density at radius 3 is 1.38 bits per heavy atom. The Morgan fingerprint density at radius 1 is 0.654 bits per heavy atom. The van der Waals surface area contributed by atoms with Crippen LogP contribution in [0.5, 0.6) is 0 Å². The summed E-state index contributed by atoms with van der Waals surface area (Å²) in [6, 6.07) is 0. The molecule has 0 saturated carbocycles. The van der Waals surface area contributed by atoms with E-state index in [-0.39, 0.29) is 11.8 Å². The zero-order chi connectivity index (χ0) is 19.6. The van der Waals surface area contributed by atoms with Gasteiger partial charge in [0.15, 0.2) is 0 Å². The Morgan fingerprint density at radius 2 is 1.04 bits per heavy atom. The van der Waals surface area contributed by atoms with Gasteiger partial charge in [-0.3, -0.25) is 9.59 Å². The fraction of sp³-hybridized carbons (Fsp3) is 0.889. The molecule has 0 radical (unpaired) electrons. The minimum Gasteiger partial charge on any atom is -0.355 e. The highest BCUT2D eigenvalue weighted by molar-refractivity contribution is 8.76. The van der Waals surface area contributed by atoms with E-state index in [2.05, 4.69) is 10.6 Å². The summed E-state index contributed by atoms with van der Waals surface area (Å²) >= 11 is 0. The molecule has 8 heteroatoms. The molecule has 0 unspecified atom stereocenters. The predicted molar refractivity (Wildman–Crippen MR) is 116 cm³/mol. The number of nitrogens with one attached hydrogen (secondary N) is 2. The second kappa shape index (κ2) is 17.9. The molecule has 0 rings (SSSR count). The van der Waals surface area contributed by atoms with Gasteiger partial charge in [0, 0.05) is 24.6 Å². The van der Waals surface area contributed by atoms with Crippen LogP contribution in [0.15, 0.2) is 0 Å². The Bertz CT molecular complexity index is 335. The van der Waals surface area contributed by atoms with Gasteiger partial charge in [0.05, 0.1) is 13.1 Å². The number of carbonyl (C=O) groups excluding carboxylic acids is 2. The molecule has 0 bridgehead atoms. The monoisotopic (exact) mass is 406 g/mol. The average molecular weight is 407 g/mol. The van der Waals surface area contributed by atoms with Crippen molar-refractivity contribution in [2.24, 2.45) is 0 Å². The largest absolute Gasteiger partial charge is 0.355 e. The topological polar surface area (TPSA) is 64.7 Å². The van der Waals surface area contributed by atoms with Crippen LogP contribution in [0.2, 0.25) is 0 Å². The highest BCUT2D eigenvalue weighted by atomic mass is 33.1. The first-order valence-corrected chi connectivity index (χ1v) is 12.0. The molecule has 2 N–H and O–H groups in total. The second-order valence-corrected chi connectivity index (χ2v) is 9.64. The number of amides is 2. The van der Waals surface area contributed by atoms with E-state index in [0.29, 0.717) is 13.1 Å². The summed E-state index contributed by atoms with van der Waals surface area (Å²) in [5, 5.41) is 5.89. The number of hydrogen-bond acceptors (Lipinski definition) is 6. The molecule has 2 amide bonds. The van der Waals surface area contributed by atoms with Crippen LogP contribution in [0.25, 0.3) is 0 Å². The molecule has 0 fully saturated rings. The van der Waals surface area contributed by atoms with E-state index in [4.69, 9.17) is 0 Å². The van der Waals surface area contributed by atoms with Gasteiger partial charge >= 0.3 is 0 Å². The summed E-state index contributed by atoms with van der Waals surface area (Å²) in [7, 11) is 11.5. The van der Waals surface area contributed by atoms with Crippen LogP contribution in [0.4, 0.5) is 0 Å². The third-order valence-electron chi connectivity index (χ3n) is 3.46. The van der Waals surface area contributed by atoms with Crippen molar-refractivity contribution in [2.75, 3.05) is 65.9 Å². The van der Waals surface area contributed by atoms with Crippen LogP contribution in [0.1, 0.15) is 38.5 Å². The SMILES string of the molecule is CN(C)CC(=O)NCCCCCSSCCCCCNC(=O)CN(C)C. The van der Waals surface area contributed by atoms with Crippen molar-refractivity contribution in [1.82, 2.24) is 20.4 Å². The molecule has 0 aromatic carbocycles. The minimum absolute atomic E-state index is 0.109. The lowest BCUT2D eigenvalue weighted by molar-refractivity contribution is -0.122. The standard InChI is InChI=1S/C18H38N4O2S2/c1-21(2)15-17(23)19-11-7-5-9-13-25-26-14-10-6-8-12-20-18(24)16-22(3)4/h5-16H2,1-4H3,(H,19,23)(H,20,24). The van der Waals surface area contributed by atoms with Crippen LogP contribution in [-0.4, -0.2) is 87.5 Å². The summed E-state index contributed by atoms with van der Waals surface area (Å²) in [6.45, 7) is 2.51. The van der Waals surface area contributed by atoms with Crippen molar-refractivity contribution in [3.8, 4) is 0 Å². The molecule has 6 nitrogen and oxygen atoms in total. The zero-order valence-corrected chi connectivity index (χ0v) is 18.6. The molecule has 0 heterocycles. The van der Waals surface area contributed by atoms with E-state index in [9.17, 15) is 9.59 Å². The summed E-state index contributed by atoms with van der Waals surface area (Å²) < 4.78 is 0. The van der Waals surface area contributed by atoms with Crippen molar-refractivity contribution >= 4 is 33.4 Å². The molecule has 154 valence electrons. The number of nitrogens with zero attached hydrogens (tertiary/aromatic N) is 2. The molecule has 26 heavy (non-hydrogen) atoms. The van der Waals surface area contributed by atoms with Gasteiger partial charge in [-0.1, -0.05) is 34.4 Å². The van der Waals surface area contributed by atoms with Gasteiger partial charge in [0.2, 0.25) is 11.8 Å². The van der Waals surface area contributed by atoms with Crippen LogP contribution in [0.3, 0.4) is 0 Å². The van der Waals surface area contributed by atoms with Gasteiger partial charge < -0.3 is 20.4 Å². The Balaban J connectivity index is 3.18. The number of likely N-dealkylation sites (N-methyl/N-ethyl adjacent to an activating group) is 2. The lowest BCUT2D eigenvalue weighted by Crippen LogP contribution is -2.33. The van der Waals surface area contributed by atoms with E-state index in [0.717, 1.165) is 25.9 Å². The van der Waals surface area contributed by atoms with E-state index >= 15 is 0 Å². The van der Waals surface area contributed by atoms with E-state index in [1.54, 1.807) is 0 Å². The number of rotatable bonds is 17. The molecular weight excluding hydrogens is 368 g/mol. The van der Waals surface area contributed by atoms with E-state index < -0.39 is 0 Å². The fourth-order valence-corrected chi connectivity index (χ4v) is 4.48. The van der Waals surface area contributed by atoms with Crippen molar-refractivity contribution in [3.05, 3.63) is 0 Å². The van der Waals surface area contributed by atoms with Crippen LogP contribution >= 0.6 is 21.6 Å². The molecular formula is C18H38N4O2S2. The molecule has 0 aliphatic rings. The fourth-order valence-electron chi connectivity index (χ4n) is 2.19. The maximum atomic E-state index is 11.4. The Labute approximate surface area is 168 Å². The number of carbonyl (C=O) groups is 2. The Hall–Kier alpha value is -0.440. The van der Waals surface area contributed by atoms with Gasteiger partial charge in [-0.2, -0.15) is 0 Å². The van der Waals surface area contributed by atoms with E-state index in [1.807, 2.05) is 59.6 Å². The van der Waals surface area contributed by atoms with Crippen molar-refractivity contribution < 1.29 is 9.59 Å². The third-order valence-corrected chi connectivity index (χ3v) is 6.03. The molecule has 0 aromatic heterocycles. The maximum absolute atomic E-state index is 11.4. The first-order chi connectivity index (χ1) is 12.4. The minimum atomic E-state index is 0.109. The normalized spacial score (nSPS) is 11.2. The highest BCUT2D eigenvalue weighted by Crippen LogP contribution is 2.24. The maximum Gasteiger partial charge on any atom is 0.234 e. The molecule has 0 aromatic rings. The lowest BCUT2D eigenvalue weighted by atomic mass is 10.2. The van der Waals surface area contributed by atoms with Gasteiger partial charge in [-0.25, -0.2) is 0 Å². The Kier molecular flexibility index (Phi) is 17.6. The molecule has 0 saturated heterocycles. The van der Waals surface area contributed by atoms with Gasteiger partial charge in [0.25, 0.3) is 0 Å². The molecule has 0 aliphatic heterocycles. The molecule has 0 atom stereocenters. The first kappa shape index (κ1) is 25.6. The smallest absolute Gasteiger partial charge is 0.234 e. The van der Waals surface area contributed by atoms with Crippen LogP contribution in [0, 0.1) is 0 Å². The summed E-state index contributed by atoms with van der Waals surface area (Å²) in [4.78, 5) is 26.7. The van der Waals surface area contributed by atoms with Crippen molar-refractivity contribution in [2.45, 2.75) is 38.5 Å². The third kappa shape index (κ3) is 19.9. The summed E-state index contributed by atoms with van der Waals surface area (Å²) in [6.07, 6.45) is 6.87. The van der Waals surface area contributed by atoms with Crippen LogP contribution in [-0.2, 0) is 9.59 Å². The van der Waals surface area contributed by atoms with Crippen LogP contribution < -0.4 is 10.6 Å². The van der Waals surface area contributed by atoms with Gasteiger partial charge in [0.1, 0.15) is 0 Å². The zero-order valence-electron chi connectivity index (χ0n) is 17.0. The lowest BCUT2D eigenvalue weighted by Gasteiger charge is -2.10. The van der Waals surface area contributed by atoms with E-state index in [1.165, 1.54) is 37.2 Å². The predicted octanol–water partition coefficient (Wildman–Crippen LogP) is 2.06. The summed E-state index contributed by atoms with van der Waals surface area (Å²) in [5.41, 5.74) is 0. The molecule has 0 spiro atoms. The summed E-state index contributed by atoms with van der Waals surface area (Å²) in [5.74, 6) is 2.57. The molecule has 0 aliphatic carbocycles. The number of unbranched alkanes of at least 4 members (excludes halogenated alkanes) is 4.